The molecule has 2 aromatic carbocycles. The number of nitrogens with one attached hydrogen (secondary N) is 1. The van der Waals surface area contributed by atoms with Gasteiger partial charge in [0.25, 0.3) is 10.0 Å². The number of nitrogens with two attached hydrogens (primary N) is 1. The van der Waals surface area contributed by atoms with Crippen molar-refractivity contribution in [2.24, 2.45) is 0 Å². The van der Waals surface area contributed by atoms with E-state index in [1.165, 1.54) is 6.07 Å². The summed E-state index contributed by atoms with van der Waals surface area (Å²) in [7, 11) is -3.93. The van der Waals surface area contributed by atoms with Gasteiger partial charge in [0.15, 0.2) is 11.6 Å². The van der Waals surface area contributed by atoms with Crippen molar-refractivity contribution in [2.45, 2.75) is 18.2 Å². The molecule has 0 amide bonds. The van der Waals surface area contributed by atoms with E-state index in [4.69, 9.17) is 5.73 Å². The monoisotopic (exact) mass is 312 g/mol. The molecule has 0 fully saturated rings. The fraction of sp³-hybridized carbons (Fsp3) is 0.143. The van der Waals surface area contributed by atoms with Crippen molar-refractivity contribution in [2.75, 3.05) is 10.5 Å². The van der Waals surface area contributed by atoms with E-state index in [0.717, 1.165) is 18.2 Å². The minimum absolute atomic E-state index is 0.0229. The molecule has 0 atom stereocenters. The molecule has 0 heterocycles. The van der Waals surface area contributed by atoms with Crippen LogP contribution in [0.1, 0.15) is 12.5 Å². The van der Waals surface area contributed by atoms with Crippen molar-refractivity contribution in [1.29, 1.82) is 0 Å². The van der Waals surface area contributed by atoms with Gasteiger partial charge in [-0.1, -0.05) is 13.0 Å². The van der Waals surface area contributed by atoms with E-state index in [-0.39, 0.29) is 10.6 Å². The molecule has 0 unspecified atom stereocenters. The fourth-order valence-electron chi connectivity index (χ4n) is 1.88. The van der Waals surface area contributed by atoms with Gasteiger partial charge >= 0.3 is 0 Å². The van der Waals surface area contributed by atoms with Crippen molar-refractivity contribution in [3.8, 4) is 0 Å². The number of benzene rings is 2. The normalized spacial score (nSPS) is 11.4. The maximum absolute atomic E-state index is 13.1. The highest BCUT2D eigenvalue weighted by Gasteiger charge is 2.19. The molecule has 0 aliphatic carbocycles. The summed E-state index contributed by atoms with van der Waals surface area (Å²) in [5, 5.41) is 0. The lowest BCUT2D eigenvalue weighted by atomic mass is 10.1. The van der Waals surface area contributed by atoms with E-state index in [0.29, 0.717) is 17.7 Å². The fourth-order valence-corrected chi connectivity index (χ4v) is 3.28. The smallest absolute Gasteiger partial charge is 0.262 e. The lowest BCUT2D eigenvalue weighted by Crippen LogP contribution is -2.15. The largest absolute Gasteiger partial charge is 0.399 e. The number of sulfonamides is 1. The second kappa shape index (κ2) is 5.69. The third-order valence-corrected chi connectivity index (χ3v) is 4.40. The molecule has 3 N–H and O–H groups in total. The Morgan fingerprint density at radius 1 is 1.10 bits per heavy atom. The molecular weight excluding hydrogens is 298 g/mol. The van der Waals surface area contributed by atoms with Gasteiger partial charge < -0.3 is 5.73 Å². The van der Waals surface area contributed by atoms with Crippen LogP contribution < -0.4 is 10.5 Å². The van der Waals surface area contributed by atoms with Crippen LogP contribution in [0.3, 0.4) is 0 Å². The van der Waals surface area contributed by atoms with Crippen molar-refractivity contribution in [3.63, 3.8) is 0 Å². The van der Waals surface area contributed by atoms with Gasteiger partial charge in [-0.3, -0.25) is 4.72 Å². The zero-order valence-corrected chi connectivity index (χ0v) is 12.0. The van der Waals surface area contributed by atoms with Gasteiger partial charge in [-0.2, -0.15) is 0 Å². The minimum atomic E-state index is -3.93. The van der Waals surface area contributed by atoms with Crippen LogP contribution in [0.4, 0.5) is 20.2 Å². The first-order valence-corrected chi connectivity index (χ1v) is 7.68. The third kappa shape index (κ3) is 3.30. The Kier molecular flexibility index (Phi) is 4.13. The summed E-state index contributed by atoms with van der Waals surface area (Å²) in [5.41, 5.74) is 6.44. The van der Waals surface area contributed by atoms with Crippen LogP contribution in [-0.2, 0) is 16.4 Å². The summed E-state index contributed by atoms with van der Waals surface area (Å²) >= 11 is 0. The molecule has 0 aromatic heterocycles. The Labute approximate surface area is 121 Å². The van der Waals surface area contributed by atoms with E-state index >= 15 is 0 Å². The third-order valence-electron chi connectivity index (χ3n) is 2.93. The first-order valence-electron chi connectivity index (χ1n) is 6.19. The van der Waals surface area contributed by atoms with Crippen LogP contribution in [0.5, 0.6) is 0 Å². The molecule has 0 spiro atoms. The van der Waals surface area contributed by atoms with Gasteiger partial charge in [0.05, 0.1) is 10.6 Å². The summed E-state index contributed by atoms with van der Waals surface area (Å²) in [5.74, 6) is -2.17. The summed E-state index contributed by atoms with van der Waals surface area (Å²) in [6.45, 7) is 1.81. The topological polar surface area (TPSA) is 72.2 Å². The quantitative estimate of drug-likeness (QED) is 0.853. The molecule has 21 heavy (non-hydrogen) atoms. The lowest BCUT2D eigenvalue weighted by molar-refractivity contribution is 0.509. The highest BCUT2D eigenvalue weighted by Crippen LogP contribution is 2.23. The molecule has 2 aromatic rings. The Morgan fingerprint density at radius 2 is 1.81 bits per heavy atom. The zero-order valence-electron chi connectivity index (χ0n) is 11.2. The van der Waals surface area contributed by atoms with E-state index < -0.39 is 21.7 Å². The predicted molar refractivity (Wildman–Crippen MR) is 77.4 cm³/mol. The summed E-state index contributed by atoms with van der Waals surface area (Å²) < 4.78 is 52.9. The average Bonchev–Trinajstić information content (AvgIpc) is 2.42. The number of hydrogen-bond donors (Lipinski definition) is 2. The molecule has 0 saturated heterocycles. The Bertz CT molecular complexity index is 777. The SMILES string of the molecule is CCc1ccc(N)cc1S(=O)(=O)Nc1ccc(F)c(F)c1. The number of nitrogen functional groups attached to an aromatic ring is 1. The van der Waals surface area contributed by atoms with Gasteiger partial charge in [-0.25, -0.2) is 17.2 Å². The molecule has 0 radical (unpaired) electrons. The van der Waals surface area contributed by atoms with Crippen molar-refractivity contribution in [3.05, 3.63) is 53.6 Å². The zero-order chi connectivity index (χ0) is 15.6. The predicted octanol–water partition coefficient (Wildman–Crippen LogP) is 2.91. The van der Waals surface area contributed by atoms with Gasteiger partial charge in [0.2, 0.25) is 0 Å². The van der Waals surface area contributed by atoms with Crippen LogP contribution in [0, 0.1) is 11.6 Å². The molecule has 2 rings (SSSR count). The first kappa shape index (κ1) is 15.2. The van der Waals surface area contributed by atoms with Crippen LogP contribution in [0.15, 0.2) is 41.3 Å². The second-order valence-corrected chi connectivity index (χ2v) is 6.11. The number of rotatable bonds is 4. The Balaban J connectivity index is 2.42. The lowest BCUT2D eigenvalue weighted by Gasteiger charge is -2.12. The molecule has 0 saturated carbocycles. The first-order chi connectivity index (χ1) is 9.83. The molecule has 0 aliphatic heterocycles. The van der Waals surface area contributed by atoms with E-state index in [9.17, 15) is 17.2 Å². The molecule has 112 valence electrons. The standard InChI is InChI=1S/C14H14F2N2O2S/c1-2-9-3-4-10(17)7-14(9)21(19,20)18-11-5-6-12(15)13(16)8-11/h3-8,18H,2,17H2,1H3. The summed E-state index contributed by atoms with van der Waals surface area (Å²) in [6, 6.07) is 7.34. The van der Waals surface area contributed by atoms with Gasteiger partial charge in [0.1, 0.15) is 0 Å². The van der Waals surface area contributed by atoms with Crippen LogP contribution in [-0.4, -0.2) is 8.42 Å². The number of aryl methyl sites for hydroxylation is 1. The average molecular weight is 312 g/mol. The molecule has 0 aliphatic rings. The molecule has 4 nitrogen and oxygen atoms in total. The molecule has 7 heteroatoms. The Morgan fingerprint density at radius 3 is 2.43 bits per heavy atom. The number of anilines is 2. The second-order valence-electron chi connectivity index (χ2n) is 4.46. The van der Waals surface area contributed by atoms with E-state index in [1.54, 1.807) is 12.1 Å². The van der Waals surface area contributed by atoms with Crippen LogP contribution >= 0.6 is 0 Å². The van der Waals surface area contributed by atoms with Gasteiger partial charge in [-0.15, -0.1) is 0 Å². The Hall–Kier alpha value is -2.15. The minimum Gasteiger partial charge on any atom is -0.399 e. The number of hydrogen-bond acceptors (Lipinski definition) is 3. The van der Waals surface area contributed by atoms with Gasteiger partial charge in [-0.05, 0) is 36.2 Å². The molecule has 0 bridgehead atoms. The van der Waals surface area contributed by atoms with Crippen molar-refractivity contribution in [1.82, 2.24) is 0 Å². The summed E-state index contributed by atoms with van der Waals surface area (Å²) in [4.78, 5) is 0.0229. The van der Waals surface area contributed by atoms with Crippen molar-refractivity contribution < 1.29 is 17.2 Å². The van der Waals surface area contributed by atoms with Crippen LogP contribution in [0.25, 0.3) is 0 Å². The molecular formula is C14H14F2N2O2S. The van der Waals surface area contributed by atoms with Gasteiger partial charge in [0, 0.05) is 11.8 Å². The summed E-state index contributed by atoms with van der Waals surface area (Å²) in [6.07, 6.45) is 0.494. The van der Waals surface area contributed by atoms with E-state index in [2.05, 4.69) is 4.72 Å². The van der Waals surface area contributed by atoms with Crippen LogP contribution in [0.2, 0.25) is 0 Å². The maximum Gasteiger partial charge on any atom is 0.262 e. The highest BCUT2D eigenvalue weighted by molar-refractivity contribution is 7.92. The highest BCUT2D eigenvalue weighted by atomic mass is 32.2. The van der Waals surface area contributed by atoms with E-state index in [1.807, 2.05) is 6.92 Å². The van der Waals surface area contributed by atoms with Crippen molar-refractivity contribution >= 4 is 21.4 Å². The maximum atomic E-state index is 13.1. The number of halogens is 2.